The highest BCUT2D eigenvalue weighted by Gasteiger charge is 2.23. The van der Waals surface area contributed by atoms with E-state index in [1.807, 2.05) is 22.8 Å². The molecule has 3 rings (SSSR count). The highest BCUT2D eigenvalue weighted by Crippen LogP contribution is 2.34. The van der Waals surface area contributed by atoms with Gasteiger partial charge in [0.05, 0.1) is 4.47 Å². The topological polar surface area (TPSA) is 30.2 Å². The van der Waals surface area contributed by atoms with Gasteiger partial charge in [-0.2, -0.15) is 5.10 Å². The number of rotatable bonds is 1. The van der Waals surface area contributed by atoms with E-state index in [0.717, 1.165) is 15.9 Å². The maximum Gasteiger partial charge on any atom is 0.169 e. The zero-order chi connectivity index (χ0) is 9.54. The molecule has 0 radical (unpaired) electrons. The fourth-order valence-corrected chi connectivity index (χ4v) is 2.15. The molecular weight excluding hydrogens is 242 g/mol. The maximum atomic E-state index is 4.54. The molecule has 72 valence electrons. The zero-order valence-corrected chi connectivity index (χ0v) is 9.24. The van der Waals surface area contributed by atoms with E-state index < -0.39 is 0 Å². The Morgan fingerprint density at radius 2 is 2.29 bits per heavy atom. The summed E-state index contributed by atoms with van der Waals surface area (Å²) in [6.07, 6.45) is 5.75. The van der Waals surface area contributed by atoms with E-state index in [2.05, 4.69) is 26.0 Å². The van der Waals surface area contributed by atoms with Crippen molar-refractivity contribution in [1.82, 2.24) is 14.6 Å². The molecule has 0 aliphatic heterocycles. The molecule has 1 aliphatic rings. The number of hydrogen-bond acceptors (Lipinski definition) is 2. The first-order valence-electron chi connectivity index (χ1n) is 4.85. The Bertz CT molecular complexity index is 473. The lowest BCUT2D eigenvalue weighted by atomic mass is 9.85. The summed E-state index contributed by atoms with van der Waals surface area (Å²) >= 11 is 3.48. The molecule has 4 heteroatoms. The third-order valence-electron chi connectivity index (χ3n) is 2.80. The monoisotopic (exact) mass is 251 g/mol. The van der Waals surface area contributed by atoms with E-state index in [1.165, 1.54) is 19.3 Å². The van der Waals surface area contributed by atoms with Crippen LogP contribution < -0.4 is 0 Å². The van der Waals surface area contributed by atoms with Gasteiger partial charge in [0.1, 0.15) is 0 Å². The van der Waals surface area contributed by atoms with Crippen LogP contribution >= 0.6 is 15.9 Å². The normalized spacial score (nSPS) is 17.2. The van der Waals surface area contributed by atoms with Crippen LogP contribution in [0.2, 0.25) is 0 Å². The molecule has 1 fully saturated rings. The van der Waals surface area contributed by atoms with E-state index in [4.69, 9.17) is 0 Å². The van der Waals surface area contributed by atoms with Crippen LogP contribution in [0, 0.1) is 0 Å². The second-order valence-electron chi connectivity index (χ2n) is 3.72. The second-order valence-corrected chi connectivity index (χ2v) is 4.58. The molecule has 0 N–H and O–H groups in total. The molecule has 0 unspecified atom stereocenters. The van der Waals surface area contributed by atoms with Gasteiger partial charge in [-0.15, -0.1) is 0 Å². The quantitative estimate of drug-likeness (QED) is 0.781. The molecular formula is C10H10BrN3. The van der Waals surface area contributed by atoms with Gasteiger partial charge in [-0.25, -0.2) is 9.50 Å². The van der Waals surface area contributed by atoms with E-state index in [1.54, 1.807) is 0 Å². The number of aromatic nitrogens is 3. The van der Waals surface area contributed by atoms with Gasteiger partial charge < -0.3 is 0 Å². The lowest BCUT2D eigenvalue weighted by Gasteiger charge is -2.21. The zero-order valence-electron chi connectivity index (χ0n) is 7.65. The molecule has 1 saturated carbocycles. The lowest BCUT2D eigenvalue weighted by Crippen LogP contribution is -2.10. The molecule has 14 heavy (non-hydrogen) atoms. The van der Waals surface area contributed by atoms with Crippen LogP contribution in [0.1, 0.15) is 31.0 Å². The summed E-state index contributed by atoms with van der Waals surface area (Å²) < 4.78 is 2.86. The van der Waals surface area contributed by atoms with E-state index >= 15 is 0 Å². The molecule has 2 aromatic heterocycles. The number of nitrogens with zero attached hydrogens (tertiary/aromatic N) is 3. The molecule has 2 heterocycles. The van der Waals surface area contributed by atoms with Gasteiger partial charge in [-0.3, -0.25) is 0 Å². The van der Waals surface area contributed by atoms with Crippen LogP contribution in [0.15, 0.2) is 22.8 Å². The average molecular weight is 252 g/mol. The second kappa shape index (κ2) is 3.05. The Hall–Kier alpha value is -0.900. The van der Waals surface area contributed by atoms with Gasteiger partial charge in [0.2, 0.25) is 0 Å². The third kappa shape index (κ3) is 1.17. The van der Waals surface area contributed by atoms with Crippen LogP contribution in [0.5, 0.6) is 0 Å². The Morgan fingerprint density at radius 1 is 1.43 bits per heavy atom. The van der Waals surface area contributed by atoms with E-state index in [0.29, 0.717) is 5.92 Å². The van der Waals surface area contributed by atoms with Crippen molar-refractivity contribution in [3.05, 3.63) is 28.6 Å². The van der Waals surface area contributed by atoms with Crippen molar-refractivity contribution >= 4 is 21.6 Å². The number of pyridine rings is 1. The van der Waals surface area contributed by atoms with Crippen LogP contribution in [0.3, 0.4) is 0 Å². The standard InChI is InChI=1S/C10H10BrN3/c11-8-5-2-6-14-10(8)12-9(13-14)7-3-1-4-7/h2,5-7H,1,3-4H2. The fourth-order valence-electron chi connectivity index (χ4n) is 1.73. The van der Waals surface area contributed by atoms with Crippen molar-refractivity contribution in [3.63, 3.8) is 0 Å². The van der Waals surface area contributed by atoms with Gasteiger partial charge in [0, 0.05) is 12.1 Å². The Kier molecular flexibility index (Phi) is 1.83. The van der Waals surface area contributed by atoms with Gasteiger partial charge in [-0.05, 0) is 40.9 Å². The summed E-state index contributed by atoms with van der Waals surface area (Å²) in [7, 11) is 0. The van der Waals surface area contributed by atoms with Gasteiger partial charge >= 0.3 is 0 Å². The molecule has 0 amide bonds. The van der Waals surface area contributed by atoms with Crippen molar-refractivity contribution in [2.24, 2.45) is 0 Å². The first kappa shape index (κ1) is 8.41. The predicted molar refractivity (Wildman–Crippen MR) is 57.3 cm³/mol. The molecule has 2 aromatic rings. The van der Waals surface area contributed by atoms with Gasteiger partial charge in [-0.1, -0.05) is 6.42 Å². The molecule has 0 aromatic carbocycles. The van der Waals surface area contributed by atoms with E-state index in [-0.39, 0.29) is 0 Å². The Balaban J connectivity index is 2.15. The minimum atomic E-state index is 0.599. The van der Waals surface area contributed by atoms with Crippen LogP contribution in [0.4, 0.5) is 0 Å². The Labute approximate surface area is 90.3 Å². The summed E-state index contributed by atoms with van der Waals surface area (Å²) in [5, 5.41) is 4.47. The first-order valence-corrected chi connectivity index (χ1v) is 5.65. The largest absolute Gasteiger partial charge is 0.220 e. The number of fused-ring (bicyclic) bond motifs is 1. The Morgan fingerprint density at radius 3 is 2.93 bits per heavy atom. The van der Waals surface area contributed by atoms with Crippen LogP contribution in [-0.4, -0.2) is 14.6 Å². The van der Waals surface area contributed by atoms with Crippen molar-refractivity contribution < 1.29 is 0 Å². The van der Waals surface area contributed by atoms with Crippen molar-refractivity contribution in [1.29, 1.82) is 0 Å². The summed E-state index contributed by atoms with van der Waals surface area (Å²) in [5.41, 5.74) is 0.925. The molecule has 0 atom stereocenters. The molecule has 0 spiro atoms. The molecule has 0 saturated heterocycles. The molecule has 3 nitrogen and oxygen atoms in total. The van der Waals surface area contributed by atoms with Crippen molar-refractivity contribution in [2.45, 2.75) is 25.2 Å². The SMILES string of the molecule is Brc1cccn2nc(C3CCC3)nc12. The lowest BCUT2D eigenvalue weighted by molar-refractivity contribution is 0.402. The summed E-state index contributed by atoms with van der Waals surface area (Å²) in [5.74, 6) is 1.60. The van der Waals surface area contributed by atoms with Gasteiger partial charge in [0.25, 0.3) is 0 Å². The summed E-state index contributed by atoms with van der Waals surface area (Å²) in [4.78, 5) is 4.54. The van der Waals surface area contributed by atoms with Crippen LogP contribution in [0.25, 0.3) is 5.65 Å². The third-order valence-corrected chi connectivity index (χ3v) is 3.42. The van der Waals surface area contributed by atoms with Crippen molar-refractivity contribution in [2.75, 3.05) is 0 Å². The summed E-state index contributed by atoms with van der Waals surface area (Å²) in [6.45, 7) is 0. The highest BCUT2D eigenvalue weighted by molar-refractivity contribution is 9.10. The number of hydrogen-bond donors (Lipinski definition) is 0. The van der Waals surface area contributed by atoms with E-state index in [9.17, 15) is 0 Å². The summed E-state index contributed by atoms with van der Waals surface area (Å²) in [6, 6.07) is 3.96. The van der Waals surface area contributed by atoms with Gasteiger partial charge in [0.15, 0.2) is 11.5 Å². The fraction of sp³-hybridized carbons (Fsp3) is 0.400. The smallest absolute Gasteiger partial charge is 0.169 e. The molecule has 0 bridgehead atoms. The minimum absolute atomic E-state index is 0.599. The number of halogens is 1. The predicted octanol–water partition coefficient (Wildman–Crippen LogP) is 2.76. The highest BCUT2D eigenvalue weighted by atomic mass is 79.9. The average Bonchev–Trinajstić information content (AvgIpc) is 2.46. The van der Waals surface area contributed by atoms with Crippen molar-refractivity contribution in [3.8, 4) is 0 Å². The minimum Gasteiger partial charge on any atom is -0.220 e. The first-order chi connectivity index (χ1) is 6.84. The maximum absolute atomic E-state index is 4.54. The molecule has 1 aliphatic carbocycles. The van der Waals surface area contributed by atoms with Crippen LogP contribution in [-0.2, 0) is 0 Å².